The van der Waals surface area contributed by atoms with Crippen LogP contribution in [0.3, 0.4) is 0 Å². The first-order chi connectivity index (χ1) is 10.7. The summed E-state index contributed by atoms with van der Waals surface area (Å²) in [6.07, 6.45) is 1.78. The number of para-hydroxylation sites is 1. The molecule has 0 unspecified atom stereocenters. The number of hydrogen-bond donors (Lipinski definition) is 2. The van der Waals surface area contributed by atoms with Crippen molar-refractivity contribution in [3.63, 3.8) is 0 Å². The smallest absolute Gasteiger partial charge is 0.240 e. The Balaban J connectivity index is 0.00000192. The van der Waals surface area contributed by atoms with Crippen LogP contribution in [0.1, 0.15) is 12.6 Å². The first-order valence-electron chi connectivity index (χ1n) is 7.47. The Morgan fingerprint density at radius 3 is 2.91 bits per heavy atom. The molecule has 1 fully saturated rings. The van der Waals surface area contributed by atoms with Crippen LogP contribution in [0.25, 0.3) is 5.69 Å². The lowest BCUT2D eigenvalue weighted by Crippen LogP contribution is -2.55. The molecule has 1 amide bonds. The average molecular weight is 337 g/mol. The summed E-state index contributed by atoms with van der Waals surface area (Å²) in [4.78, 5) is 12.2. The maximum atomic E-state index is 12.2. The lowest BCUT2D eigenvalue weighted by molar-refractivity contribution is -0.129. The number of nitrogens with one attached hydrogen (secondary N) is 2. The standard InChI is InChI=1S/C16H20N4O2.ClH/c1-12-15(17-8-10-22-12)16(21)18-11-13-7-9-20(19-13)14-5-3-2-4-6-14;/h2-7,9,12,15,17H,8,10-11H2,1H3,(H,18,21);1H/t12-,15+;/m1./s1. The summed E-state index contributed by atoms with van der Waals surface area (Å²) >= 11 is 0. The van der Waals surface area contributed by atoms with Gasteiger partial charge in [0.25, 0.3) is 0 Å². The quantitative estimate of drug-likeness (QED) is 0.882. The van der Waals surface area contributed by atoms with Crippen LogP contribution in [0.4, 0.5) is 0 Å². The van der Waals surface area contributed by atoms with Gasteiger partial charge in [0.15, 0.2) is 0 Å². The zero-order chi connectivity index (χ0) is 15.4. The second-order valence-electron chi connectivity index (χ2n) is 5.31. The number of rotatable bonds is 4. The Morgan fingerprint density at radius 2 is 2.17 bits per heavy atom. The van der Waals surface area contributed by atoms with Crippen LogP contribution >= 0.6 is 12.4 Å². The molecular weight excluding hydrogens is 316 g/mol. The highest BCUT2D eigenvalue weighted by Gasteiger charge is 2.27. The number of ether oxygens (including phenoxy) is 1. The van der Waals surface area contributed by atoms with Gasteiger partial charge in [-0.05, 0) is 25.1 Å². The summed E-state index contributed by atoms with van der Waals surface area (Å²) in [5.41, 5.74) is 1.82. The molecule has 1 aromatic carbocycles. The Kier molecular flexibility index (Phi) is 6.15. The molecule has 0 aliphatic carbocycles. The molecule has 3 rings (SSSR count). The topological polar surface area (TPSA) is 68.2 Å². The van der Waals surface area contributed by atoms with E-state index in [1.165, 1.54) is 0 Å². The van der Waals surface area contributed by atoms with E-state index in [1.54, 1.807) is 4.68 Å². The van der Waals surface area contributed by atoms with Crippen molar-refractivity contribution in [3.8, 4) is 5.69 Å². The van der Waals surface area contributed by atoms with Crippen molar-refractivity contribution in [1.82, 2.24) is 20.4 Å². The van der Waals surface area contributed by atoms with Gasteiger partial charge in [0.1, 0.15) is 6.04 Å². The van der Waals surface area contributed by atoms with Gasteiger partial charge >= 0.3 is 0 Å². The molecule has 0 radical (unpaired) electrons. The molecule has 1 aliphatic rings. The molecule has 0 bridgehead atoms. The number of nitrogens with zero attached hydrogens (tertiary/aromatic N) is 2. The van der Waals surface area contributed by atoms with Gasteiger partial charge < -0.3 is 15.4 Å². The van der Waals surface area contributed by atoms with Crippen molar-refractivity contribution in [3.05, 3.63) is 48.3 Å². The van der Waals surface area contributed by atoms with E-state index in [0.717, 1.165) is 11.4 Å². The fraction of sp³-hybridized carbons (Fsp3) is 0.375. The van der Waals surface area contributed by atoms with Crippen molar-refractivity contribution in [2.45, 2.75) is 25.6 Å². The fourth-order valence-corrected chi connectivity index (χ4v) is 2.50. The van der Waals surface area contributed by atoms with Crippen molar-refractivity contribution in [2.24, 2.45) is 0 Å². The van der Waals surface area contributed by atoms with Gasteiger partial charge in [-0.1, -0.05) is 18.2 Å². The second-order valence-corrected chi connectivity index (χ2v) is 5.31. The number of benzene rings is 1. The van der Waals surface area contributed by atoms with E-state index in [9.17, 15) is 4.79 Å². The zero-order valence-electron chi connectivity index (χ0n) is 12.9. The van der Waals surface area contributed by atoms with Crippen LogP contribution in [0.15, 0.2) is 42.6 Å². The van der Waals surface area contributed by atoms with Crippen LogP contribution < -0.4 is 10.6 Å². The highest BCUT2D eigenvalue weighted by atomic mass is 35.5. The van der Waals surface area contributed by atoms with Gasteiger partial charge in [0, 0.05) is 12.7 Å². The number of amides is 1. The molecule has 0 saturated carbocycles. The molecule has 2 atom stereocenters. The molecular formula is C16H21ClN4O2. The first-order valence-corrected chi connectivity index (χ1v) is 7.47. The molecule has 2 heterocycles. The van der Waals surface area contributed by atoms with Crippen molar-refractivity contribution < 1.29 is 9.53 Å². The van der Waals surface area contributed by atoms with E-state index in [0.29, 0.717) is 19.7 Å². The average Bonchev–Trinajstić information content (AvgIpc) is 3.03. The summed E-state index contributed by atoms with van der Waals surface area (Å²) < 4.78 is 7.28. The molecule has 1 aliphatic heterocycles. The zero-order valence-corrected chi connectivity index (χ0v) is 13.8. The lowest BCUT2D eigenvalue weighted by atomic mass is 10.1. The number of halogens is 1. The third-order valence-corrected chi connectivity index (χ3v) is 3.71. The van der Waals surface area contributed by atoms with E-state index in [2.05, 4.69) is 15.7 Å². The molecule has 6 nitrogen and oxygen atoms in total. The second kappa shape index (κ2) is 8.10. The minimum Gasteiger partial charge on any atom is -0.375 e. The predicted octanol–water partition coefficient (Wildman–Crippen LogP) is 1.29. The number of morpholine rings is 1. The minimum absolute atomic E-state index is 0. The summed E-state index contributed by atoms with van der Waals surface area (Å²) in [5, 5.41) is 10.5. The Bertz CT molecular complexity index is 632. The minimum atomic E-state index is -0.301. The summed E-state index contributed by atoms with van der Waals surface area (Å²) in [5.74, 6) is -0.0542. The number of carbonyl (C=O) groups is 1. The number of aromatic nitrogens is 2. The third-order valence-electron chi connectivity index (χ3n) is 3.71. The SMILES string of the molecule is C[C@H]1OCCN[C@@H]1C(=O)NCc1ccn(-c2ccccc2)n1.Cl. The van der Waals surface area contributed by atoms with Crippen LogP contribution in [0.5, 0.6) is 0 Å². The van der Waals surface area contributed by atoms with E-state index < -0.39 is 0 Å². The van der Waals surface area contributed by atoms with Crippen LogP contribution in [-0.4, -0.2) is 41.0 Å². The maximum Gasteiger partial charge on any atom is 0.240 e. The van der Waals surface area contributed by atoms with Gasteiger partial charge in [-0.25, -0.2) is 4.68 Å². The molecule has 1 aromatic heterocycles. The van der Waals surface area contributed by atoms with Gasteiger partial charge in [-0.3, -0.25) is 4.79 Å². The normalized spacial score (nSPS) is 20.6. The summed E-state index contributed by atoms with van der Waals surface area (Å²) in [6, 6.07) is 11.5. The Labute approximate surface area is 141 Å². The fourth-order valence-electron chi connectivity index (χ4n) is 2.50. The molecule has 0 spiro atoms. The lowest BCUT2D eigenvalue weighted by Gasteiger charge is -2.29. The molecule has 7 heteroatoms. The highest BCUT2D eigenvalue weighted by molar-refractivity contribution is 5.85. The monoisotopic (exact) mass is 336 g/mol. The number of carbonyl (C=O) groups excluding carboxylic acids is 1. The van der Waals surface area contributed by atoms with E-state index >= 15 is 0 Å². The van der Waals surface area contributed by atoms with Crippen molar-refractivity contribution in [1.29, 1.82) is 0 Å². The molecule has 23 heavy (non-hydrogen) atoms. The highest BCUT2D eigenvalue weighted by Crippen LogP contribution is 2.07. The van der Waals surface area contributed by atoms with Gasteiger partial charge in [0.2, 0.25) is 5.91 Å². The first kappa shape index (κ1) is 17.5. The van der Waals surface area contributed by atoms with Crippen molar-refractivity contribution in [2.75, 3.05) is 13.2 Å². The maximum absolute atomic E-state index is 12.2. The van der Waals surface area contributed by atoms with E-state index in [-0.39, 0.29) is 30.5 Å². The Hall–Kier alpha value is -1.89. The van der Waals surface area contributed by atoms with Gasteiger partial charge in [-0.15, -0.1) is 12.4 Å². The van der Waals surface area contributed by atoms with Crippen LogP contribution in [0.2, 0.25) is 0 Å². The van der Waals surface area contributed by atoms with Gasteiger partial charge in [-0.2, -0.15) is 5.10 Å². The predicted molar refractivity (Wildman–Crippen MR) is 89.9 cm³/mol. The summed E-state index contributed by atoms with van der Waals surface area (Å²) in [6.45, 7) is 3.65. The number of hydrogen-bond acceptors (Lipinski definition) is 4. The molecule has 2 aromatic rings. The Morgan fingerprint density at radius 1 is 1.39 bits per heavy atom. The molecule has 1 saturated heterocycles. The van der Waals surface area contributed by atoms with Crippen molar-refractivity contribution >= 4 is 18.3 Å². The molecule has 124 valence electrons. The largest absolute Gasteiger partial charge is 0.375 e. The van der Waals surface area contributed by atoms with Crippen LogP contribution in [-0.2, 0) is 16.1 Å². The summed E-state index contributed by atoms with van der Waals surface area (Å²) in [7, 11) is 0. The van der Waals surface area contributed by atoms with E-state index in [1.807, 2.05) is 49.5 Å². The molecule has 2 N–H and O–H groups in total. The van der Waals surface area contributed by atoms with E-state index in [4.69, 9.17) is 4.74 Å². The van der Waals surface area contributed by atoms with Gasteiger partial charge in [0.05, 0.1) is 30.6 Å². The third kappa shape index (κ3) is 4.31. The van der Waals surface area contributed by atoms with Crippen LogP contribution in [0, 0.1) is 0 Å².